The molecular weight excluding hydrogens is 396 g/mol. The zero-order valence-corrected chi connectivity index (χ0v) is 16.9. The van der Waals surface area contributed by atoms with Gasteiger partial charge in [0.25, 0.3) is 5.91 Å². The molecule has 1 amide bonds. The average molecular weight is 419 g/mol. The highest BCUT2D eigenvalue weighted by molar-refractivity contribution is 5.96. The van der Waals surface area contributed by atoms with E-state index in [0.29, 0.717) is 23.7 Å². The van der Waals surface area contributed by atoms with Crippen LogP contribution in [0.15, 0.2) is 42.5 Å². The second-order valence-corrected chi connectivity index (χ2v) is 6.29. The highest BCUT2D eigenvalue weighted by Crippen LogP contribution is 2.28. The summed E-state index contributed by atoms with van der Waals surface area (Å²) in [6.45, 7) is 3.92. The highest BCUT2D eigenvalue weighted by atomic mass is 19.2. The van der Waals surface area contributed by atoms with Gasteiger partial charge in [0, 0.05) is 17.8 Å². The first-order chi connectivity index (χ1) is 14.3. The summed E-state index contributed by atoms with van der Waals surface area (Å²) in [6, 6.07) is 8.11. The van der Waals surface area contributed by atoms with E-state index in [9.17, 15) is 18.4 Å². The number of halogens is 2. The normalized spacial score (nSPS) is 11.8. The molecule has 2 aromatic carbocycles. The van der Waals surface area contributed by atoms with Gasteiger partial charge in [-0.2, -0.15) is 0 Å². The molecule has 6 nitrogen and oxygen atoms in total. The molecule has 0 unspecified atom stereocenters. The summed E-state index contributed by atoms with van der Waals surface area (Å²) < 4.78 is 42.0. The van der Waals surface area contributed by atoms with E-state index in [-0.39, 0.29) is 5.69 Å². The zero-order chi connectivity index (χ0) is 22.1. The molecule has 0 aliphatic rings. The van der Waals surface area contributed by atoms with E-state index in [1.807, 2.05) is 6.92 Å². The van der Waals surface area contributed by atoms with Gasteiger partial charge in [0.2, 0.25) is 0 Å². The molecule has 0 saturated heterocycles. The predicted octanol–water partition coefficient (Wildman–Crippen LogP) is 4.35. The van der Waals surface area contributed by atoms with Gasteiger partial charge in [-0.1, -0.05) is 13.0 Å². The minimum absolute atomic E-state index is 0.0508. The molecule has 0 radical (unpaired) electrons. The van der Waals surface area contributed by atoms with Gasteiger partial charge in [-0.05, 0) is 49.2 Å². The number of anilines is 1. The minimum Gasteiger partial charge on any atom is -0.493 e. The number of carbonyl (C=O) groups excluding carboxylic acids is 2. The lowest BCUT2D eigenvalue weighted by atomic mass is 10.2. The molecule has 0 saturated carbocycles. The summed E-state index contributed by atoms with van der Waals surface area (Å²) in [5, 5.41) is 2.35. The molecule has 0 bridgehead atoms. The van der Waals surface area contributed by atoms with Crippen LogP contribution < -0.4 is 14.8 Å². The molecule has 1 atom stereocenters. The fourth-order valence-electron chi connectivity index (χ4n) is 2.37. The Morgan fingerprint density at radius 1 is 1.10 bits per heavy atom. The summed E-state index contributed by atoms with van der Waals surface area (Å²) in [7, 11) is 1.52. The van der Waals surface area contributed by atoms with Gasteiger partial charge in [-0.25, -0.2) is 13.6 Å². The molecule has 160 valence electrons. The number of hydrogen-bond acceptors (Lipinski definition) is 5. The molecule has 0 aliphatic heterocycles. The Kier molecular flexibility index (Phi) is 8.34. The fraction of sp³-hybridized carbons (Fsp3) is 0.273. The molecule has 0 heterocycles. The van der Waals surface area contributed by atoms with Crippen molar-refractivity contribution in [3.63, 3.8) is 0 Å². The third kappa shape index (κ3) is 6.58. The first-order valence-electron chi connectivity index (χ1n) is 9.29. The van der Waals surface area contributed by atoms with Crippen molar-refractivity contribution in [1.82, 2.24) is 0 Å². The van der Waals surface area contributed by atoms with Gasteiger partial charge in [0.05, 0.1) is 13.7 Å². The van der Waals surface area contributed by atoms with E-state index in [2.05, 4.69) is 5.32 Å². The maximum Gasteiger partial charge on any atom is 0.331 e. The summed E-state index contributed by atoms with van der Waals surface area (Å²) in [5.74, 6) is -2.42. The second-order valence-electron chi connectivity index (χ2n) is 6.29. The molecular formula is C22H23F2NO5. The van der Waals surface area contributed by atoms with Crippen molar-refractivity contribution in [2.24, 2.45) is 0 Å². The number of rotatable bonds is 9. The van der Waals surface area contributed by atoms with Crippen LogP contribution in [0.1, 0.15) is 25.8 Å². The van der Waals surface area contributed by atoms with E-state index in [1.54, 1.807) is 18.2 Å². The van der Waals surface area contributed by atoms with Crippen LogP contribution in [0.3, 0.4) is 0 Å². The number of amides is 1. The van der Waals surface area contributed by atoms with Gasteiger partial charge < -0.3 is 19.5 Å². The lowest BCUT2D eigenvalue weighted by Crippen LogP contribution is -2.29. The van der Waals surface area contributed by atoms with E-state index < -0.39 is 29.6 Å². The third-order valence-corrected chi connectivity index (χ3v) is 3.91. The van der Waals surface area contributed by atoms with Crippen molar-refractivity contribution in [2.75, 3.05) is 19.0 Å². The lowest BCUT2D eigenvalue weighted by Gasteiger charge is -2.12. The summed E-state index contributed by atoms with van der Waals surface area (Å²) >= 11 is 0. The number of hydrogen-bond donors (Lipinski definition) is 1. The first-order valence-corrected chi connectivity index (χ1v) is 9.29. The van der Waals surface area contributed by atoms with E-state index in [4.69, 9.17) is 14.2 Å². The van der Waals surface area contributed by atoms with Crippen LogP contribution >= 0.6 is 0 Å². The van der Waals surface area contributed by atoms with Crippen LogP contribution in [0.25, 0.3) is 6.08 Å². The molecule has 0 aromatic heterocycles. The van der Waals surface area contributed by atoms with Crippen LogP contribution in [0, 0.1) is 11.6 Å². The Labute approximate surface area is 173 Å². The molecule has 0 spiro atoms. The van der Waals surface area contributed by atoms with Gasteiger partial charge in [-0.15, -0.1) is 0 Å². The third-order valence-electron chi connectivity index (χ3n) is 3.91. The van der Waals surface area contributed by atoms with Crippen molar-refractivity contribution < 1.29 is 32.6 Å². The largest absolute Gasteiger partial charge is 0.493 e. The average Bonchev–Trinajstić information content (AvgIpc) is 2.73. The smallest absolute Gasteiger partial charge is 0.331 e. The van der Waals surface area contributed by atoms with Crippen molar-refractivity contribution in [3.8, 4) is 11.5 Å². The predicted molar refractivity (Wildman–Crippen MR) is 108 cm³/mol. The Morgan fingerprint density at radius 3 is 2.53 bits per heavy atom. The Bertz CT molecular complexity index is 930. The summed E-state index contributed by atoms with van der Waals surface area (Å²) in [6.07, 6.45) is 2.39. The lowest BCUT2D eigenvalue weighted by molar-refractivity contribution is -0.148. The van der Waals surface area contributed by atoms with Crippen LogP contribution in [0.2, 0.25) is 0 Å². The summed E-state index contributed by atoms with van der Waals surface area (Å²) in [4.78, 5) is 24.1. The van der Waals surface area contributed by atoms with Crippen molar-refractivity contribution in [3.05, 3.63) is 59.7 Å². The van der Waals surface area contributed by atoms with Crippen molar-refractivity contribution >= 4 is 23.6 Å². The molecule has 2 aromatic rings. The van der Waals surface area contributed by atoms with Gasteiger partial charge in [0.15, 0.2) is 29.2 Å². The molecule has 1 N–H and O–H groups in total. The molecule has 0 aliphatic carbocycles. The Hall–Kier alpha value is -3.42. The first kappa shape index (κ1) is 22.9. The number of benzene rings is 2. The minimum atomic E-state index is -1.14. The number of esters is 1. The number of carbonyl (C=O) groups is 2. The number of ether oxygens (including phenoxy) is 3. The van der Waals surface area contributed by atoms with Crippen LogP contribution in [-0.4, -0.2) is 31.7 Å². The maximum atomic E-state index is 13.2. The molecule has 2 rings (SSSR count). The maximum absolute atomic E-state index is 13.2. The number of methoxy groups -OCH3 is 1. The van der Waals surface area contributed by atoms with Gasteiger partial charge in [0.1, 0.15) is 0 Å². The Balaban J connectivity index is 1.94. The SMILES string of the molecule is CCCOc1ccc(/C=C/C(=O)O[C@@H](C)C(=O)Nc2ccc(F)c(F)c2)cc1OC. The second kappa shape index (κ2) is 10.9. The van der Waals surface area contributed by atoms with E-state index in [0.717, 1.165) is 18.6 Å². The Morgan fingerprint density at radius 2 is 1.87 bits per heavy atom. The monoisotopic (exact) mass is 419 g/mol. The zero-order valence-electron chi connectivity index (χ0n) is 16.9. The molecule has 8 heteroatoms. The van der Waals surface area contributed by atoms with Crippen LogP contribution in [0.5, 0.6) is 11.5 Å². The topological polar surface area (TPSA) is 73.9 Å². The van der Waals surface area contributed by atoms with Gasteiger partial charge in [-0.3, -0.25) is 4.79 Å². The van der Waals surface area contributed by atoms with E-state index >= 15 is 0 Å². The quantitative estimate of drug-likeness (QED) is 0.483. The van der Waals surface area contributed by atoms with Crippen LogP contribution in [-0.2, 0) is 14.3 Å². The molecule has 30 heavy (non-hydrogen) atoms. The van der Waals surface area contributed by atoms with Gasteiger partial charge >= 0.3 is 5.97 Å². The van der Waals surface area contributed by atoms with Crippen molar-refractivity contribution in [1.29, 1.82) is 0 Å². The number of nitrogens with one attached hydrogen (secondary N) is 1. The highest BCUT2D eigenvalue weighted by Gasteiger charge is 2.17. The van der Waals surface area contributed by atoms with Crippen molar-refractivity contribution in [2.45, 2.75) is 26.4 Å². The standard InChI is InChI=1S/C22H23F2NO5/c1-4-11-29-19-9-5-15(12-20(19)28-3)6-10-21(26)30-14(2)22(27)25-16-7-8-17(23)18(24)13-16/h5-10,12-14H,4,11H2,1-3H3,(H,25,27)/b10-6+/t14-/m0/s1. The molecule has 0 fully saturated rings. The summed E-state index contributed by atoms with van der Waals surface area (Å²) in [5.41, 5.74) is 0.723. The van der Waals surface area contributed by atoms with Crippen LogP contribution in [0.4, 0.5) is 14.5 Å². The fourth-order valence-corrected chi connectivity index (χ4v) is 2.37. The van der Waals surface area contributed by atoms with E-state index in [1.165, 1.54) is 32.3 Å².